The van der Waals surface area contributed by atoms with E-state index in [1.54, 1.807) is 11.8 Å². The predicted molar refractivity (Wildman–Crippen MR) is 83.2 cm³/mol. The molecule has 0 aliphatic carbocycles. The molecule has 0 spiro atoms. The van der Waals surface area contributed by atoms with Crippen LogP contribution in [0.4, 0.5) is 0 Å². The number of carboxylic acids is 1. The van der Waals surface area contributed by atoms with E-state index >= 15 is 0 Å². The average molecular weight is 293 g/mol. The summed E-state index contributed by atoms with van der Waals surface area (Å²) in [7, 11) is 0. The Morgan fingerprint density at radius 2 is 2.15 bits per heavy atom. The second-order valence-corrected chi connectivity index (χ2v) is 6.51. The lowest BCUT2D eigenvalue weighted by molar-refractivity contribution is -0.150. The van der Waals surface area contributed by atoms with Crippen molar-refractivity contribution in [2.75, 3.05) is 18.8 Å². The lowest BCUT2D eigenvalue weighted by atomic mass is 9.91. The normalized spacial score (nSPS) is 23.1. The van der Waals surface area contributed by atoms with Crippen molar-refractivity contribution in [2.45, 2.75) is 43.0 Å². The molecule has 1 aliphatic heterocycles. The van der Waals surface area contributed by atoms with Crippen molar-refractivity contribution < 1.29 is 9.90 Å². The highest BCUT2D eigenvalue weighted by Crippen LogP contribution is 2.34. The van der Waals surface area contributed by atoms with Crippen LogP contribution >= 0.6 is 11.8 Å². The smallest absolute Gasteiger partial charge is 0.324 e. The molecule has 2 rings (SSSR count). The first-order chi connectivity index (χ1) is 9.69. The maximum absolute atomic E-state index is 11.7. The fourth-order valence-corrected chi connectivity index (χ4v) is 3.99. The van der Waals surface area contributed by atoms with E-state index < -0.39 is 11.5 Å². The standard InChI is InChI=1S/C16H23NO2S/c1-2-9-16(15(18)19)10-6-11-17(16)12-13-20-14-7-4-3-5-8-14/h3-5,7-8H,2,6,9-13H2,1H3,(H,18,19). The predicted octanol–water partition coefficient (Wildman–Crippen LogP) is 3.50. The molecule has 1 unspecified atom stereocenters. The van der Waals surface area contributed by atoms with Gasteiger partial charge in [0.05, 0.1) is 0 Å². The molecule has 110 valence electrons. The van der Waals surface area contributed by atoms with Crippen molar-refractivity contribution >= 4 is 17.7 Å². The van der Waals surface area contributed by atoms with Gasteiger partial charge in [-0.15, -0.1) is 11.8 Å². The van der Waals surface area contributed by atoms with Gasteiger partial charge in [-0.25, -0.2) is 0 Å². The van der Waals surface area contributed by atoms with Crippen LogP contribution in [0, 0.1) is 0 Å². The van der Waals surface area contributed by atoms with E-state index in [4.69, 9.17) is 0 Å². The van der Waals surface area contributed by atoms with Crippen molar-refractivity contribution in [1.29, 1.82) is 0 Å². The van der Waals surface area contributed by atoms with Crippen molar-refractivity contribution in [3.63, 3.8) is 0 Å². The summed E-state index contributed by atoms with van der Waals surface area (Å²) < 4.78 is 0. The van der Waals surface area contributed by atoms with Crippen LogP contribution in [-0.2, 0) is 4.79 Å². The Kier molecular flexibility index (Phi) is 5.49. The zero-order valence-corrected chi connectivity index (χ0v) is 12.9. The topological polar surface area (TPSA) is 40.5 Å². The molecule has 1 aliphatic rings. The Morgan fingerprint density at radius 1 is 1.40 bits per heavy atom. The van der Waals surface area contributed by atoms with Crippen LogP contribution < -0.4 is 0 Å². The van der Waals surface area contributed by atoms with Gasteiger partial charge in [0.2, 0.25) is 0 Å². The lowest BCUT2D eigenvalue weighted by Gasteiger charge is -2.34. The van der Waals surface area contributed by atoms with Crippen LogP contribution in [0.15, 0.2) is 35.2 Å². The van der Waals surface area contributed by atoms with Crippen LogP contribution in [0.5, 0.6) is 0 Å². The molecule has 1 heterocycles. The van der Waals surface area contributed by atoms with Crippen molar-refractivity contribution in [1.82, 2.24) is 4.90 Å². The van der Waals surface area contributed by atoms with E-state index in [1.807, 2.05) is 18.2 Å². The maximum atomic E-state index is 11.7. The van der Waals surface area contributed by atoms with Gasteiger partial charge >= 0.3 is 5.97 Å². The lowest BCUT2D eigenvalue weighted by Crippen LogP contribution is -2.51. The third-order valence-corrected chi connectivity index (χ3v) is 5.05. The van der Waals surface area contributed by atoms with Gasteiger partial charge in [0.25, 0.3) is 0 Å². The second-order valence-electron chi connectivity index (χ2n) is 5.34. The molecule has 1 aromatic rings. The number of benzene rings is 1. The quantitative estimate of drug-likeness (QED) is 0.781. The third kappa shape index (κ3) is 3.36. The SMILES string of the molecule is CCCC1(C(=O)O)CCCN1CCSc1ccccc1. The van der Waals surface area contributed by atoms with Crippen molar-refractivity contribution in [3.05, 3.63) is 30.3 Å². The summed E-state index contributed by atoms with van der Waals surface area (Å²) in [6.45, 7) is 3.84. The minimum absolute atomic E-state index is 0.605. The molecule has 1 N–H and O–H groups in total. The summed E-state index contributed by atoms with van der Waals surface area (Å²) in [5.74, 6) is 0.310. The zero-order valence-electron chi connectivity index (χ0n) is 12.0. The summed E-state index contributed by atoms with van der Waals surface area (Å²) >= 11 is 1.80. The first-order valence-corrected chi connectivity index (χ1v) is 8.34. The van der Waals surface area contributed by atoms with Crippen LogP contribution in [0.2, 0.25) is 0 Å². The number of nitrogens with zero attached hydrogens (tertiary/aromatic N) is 1. The molecule has 0 radical (unpaired) electrons. The molecule has 4 heteroatoms. The number of rotatable bonds is 7. The summed E-state index contributed by atoms with van der Waals surface area (Å²) in [4.78, 5) is 15.2. The Morgan fingerprint density at radius 3 is 2.80 bits per heavy atom. The minimum Gasteiger partial charge on any atom is -0.480 e. The van der Waals surface area contributed by atoms with Gasteiger partial charge in [0.1, 0.15) is 5.54 Å². The van der Waals surface area contributed by atoms with E-state index in [2.05, 4.69) is 24.0 Å². The van der Waals surface area contributed by atoms with Crippen LogP contribution in [0.3, 0.4) is 0 Å². The highest BCUT2D eigenvalue weighted by Gasteiger charge is 2.46. The van der Waals surface area contributed by atoms with Gasteiger partial charge in [-0.1, -0.05) is 31.5 Å². The molecular formula is C16H23NO2S. The highest BCUT2D eigenvalue weighted by atomic mass is 32.2. The monoisotopic (exact) mass is 293 g/mol. The van der Waals surface area contributed by atoms with Crippen molar-refractivity contribution in [2.24, 2.45) is 0 Å². The van der Waals surface area contributed by atoms with Gasteiger partial charge < -0.3 is 5.11 Å². The van der Waals surface area contributed by atoms with Gasteiger partial charge in [-0.3, -0.25) is 9.69 Å². The summed E-state index contributed by atoms with van der Waals surface area (Å²) in [5, 5.41) is 9.63. The van der Waals surface area contributed by atoms with Gasteiger partial charge in [-0.2, -0.15) is 0 Å². The molecule has 0 aromatic heterocycles. The summed E-state index contributed by atoms with van der Waals surface area (Å²) in [5.41, 5.74) is -0.605. The Balaban J connectivity index is 1.92. The molecule has 0 amide bonds. The minimum atomic E-state index is -0.637. The second kappa shape index (κ2) is 7.14. The van der Waals surface area contributed by atoms with Crippen LogP contribution in [0.1, 0.15) is 32.6 Å². The fraction of sp³-hybridized carbons (Fsp3) is 0.562. The molecule has 1 saturated heterocycles. The van der Waals surface area contributed by atoms with E-state index in [9.17, 15) is 9.90 Å². The molecule has 1 fully saturated rings. The molecule has 1 aromatic carbocycles. The van der Waals surface area contributed by atoms with E-state index in [0.717, 1.165) is 44.5 Å². The zero-order chi connectivity index (χ0) is 14.4. The summed E-state index contributed by atoms with van der Waals surface area (Å²) in [6.07, 6.45) is 3.49. The largest absolute Gasteiger partial charge is 0.480 e. The van der Waals surface area contributed by atoms with Gasteiger partial charge in [-0.05, 0) is 37.9 Å². The van der Waals surface area contributed by atoms with Gasteiger partial charge in [0, 0.05) is 17.2 Å². The molecule has 3 nitrogen and oxygen atoms in total. The van der Waals surface area contributed by atoms with E-state index in [-0.39, 0.29) is 0 Å². The van der Waals surface area contributed by atoms with E-state index in [1.165, 1.54) is 4.90 Å². The van der Waals surface area contributed by atoms with E-state index in [0.29, 0.717) is 0 Å². The number of aliphatic carboxylic acids is 1. The van der Waals surface area contributed by atoms with Gasteiger partial charge in [0.15, 0.2) is 0 Å². The maximum Gasteiger partial charge on any atom is 0.324 e. The number of hydrogen-bond donors (Lipinski definition) is 1. The fourth-order valence-electron chi connectivity index (χ4n) is 3.10. The Bertz CT molecular complexity index is 437. The molecule has 0 bridgehead atoms. The molecular weight excluding hydrogens is 270 g/mol. The first-order valence-electron chi connectivity index (χ1n) is 7.35. The first kappa shape index (κ1) is 15.4. The third-order valence-electron chi connectivity index (χ3n) is 4.06. The number of thioether (sulfide) groups is 1. The van der Waals surface area contributed by atoms with Crippen LogP contribution in [-0.4, -0.2) is 40.4 Å². The number of likely N-dealkylation sites (tertiary alicyclic amines) is 1. The average Bonchev–Trinajstić information content (AvgIpc) is 2.85. The highest BCUT2D eigenvalue weighted by molar-refractivity contribution is 7.99. The molecule has 20 heavy (non-hydrogen) atoms. The van der Waals surface area contributed by atoms with Crippen LogP contribution in [0.25, 0.3) is 0 Å². The number of carboxylic acid groups (broad SMARTS) is 1. The Labute approximate surface area is 125 Å². The summed E-state index contributed by atoms with van der Waals surface area (Å²) in [6, 6.07) is 10.3. The Hall–Kier alpha value is -1.00. The molecule has 1 atom stereocenters. The number of hydrogen-bond acceptors (Lipinski definition) is 3. The number of carbonyl (C=O) groups is 1. The van der Waals surface area contributed by atoms with Crippen molar-refractivity contribution in [3.8, 4) is 0 Å². The molecule has 0 saturated carbocycles.